The Morgan fingerprint density at radius 3 is 2.44 bits per heavy atom. The van der Waals surface area contributed by atoms with E-state index in [4.69, 9.17) is 4.74 Å². The third kappa shape index (κ3) is 3.65. The van der Waals surface area contributed by atoms with Crippen LogP contribution in [0.3, 0.4) is 0 Å². The maximum absolute atomic E-state index is 12.6. The number of ketones is 1. The molecule has 2 aromatic carbocycles. The van der Waals surface area contributed by atoms with Gasteiger partial charge in [-0.05, 0) is 42.9 Å². The molecule has 4 heteroatoms. The molecule has 2 unspecified atom stereocenters. The maximum Gasteiger partial charge on any atom is 0.410 e. The summed E-state index contributed by atoms with van der Waals surface area (Å²) in [6.45, 7) is 1.88. The standard InChI is InChI=1S/C23H23NO3/c1-16(25)18-7-9-19(10-8-18)20-13-21-11-12-22(14-20)24(21)23(26)27-15-17-5-3-2-4-6-17/h2-10,13,21-22H,11-12,14-15H2,1H3. The smallest absolute Gasteiger partial charge is 0.410 e. The highest BCUT2D eigenvalue weighted by molar-refractivity contribution is 5.94. The summed E-state index contributed by atoms with van der Waals surface area (Å²) in [4.78, 5) is 26.0. The lowest BCUT2D eigenvalue weighted by molar-refractivity contribution is 0.0832. The van der Waals surface area contributed by atoms with Crippen LogP contribution >= 0.6 is 0 Å². The van der Waals surface area contributed by atoms with Crippen molar-refractivity contribution in [3.63, 3.8) is 0 Å². The fraction of sp³-hybridized carbons (Fsp3) is 0.304. The predicted octanol–water partition coefficient (Wildman–Crippen LogP) is 4.85. The molecule has 0 aromatic heterocycles. The van der Waals surface area contributed by atoms with E-state index in [1.807, 2.05) is 59.5 Å². The van der Waals surface area contributed by atoms with E-state index in [-0.39, 0.29) is 24.0 Å². The van der Waals surface area contributed by atoms with E-state index in [1.54, 1.807) is 6.92 Å². The average Bonchev–Trinajstić information content (AvgIpc) is 2.96. The Bertz CT molecular complexity index is 870. The summed E-state index contributed by atoms with van der Waals surface area (Å²) >= 11 is 0. The van der Waals surface area contributed by atoms with Crippen LogP contribution in [0.25, 0.3) is 5.57 Å². The van der Waals surface area contributed by atoms with Gasteiger partial charge in [-0.2, -0.15) is 0 Å². The zero-order chi connectivity index (χ0) is 18.8. The SMILES string of the molecule is CC(=O)c1ccc(C2=CC3CCC(C2)N3C(=O)OCc2ccccc2)cc1. The first-order valence-corrected chi connectivity index (χ1v) is 9.43. The first-order valence-electron chi connectivity index (χ1n) is 9.43. The molecular weight excluding hydrogens is 338 g/mol. The minimum Gasteiger partial charge on any atom is -0.445 e. The van der Waals surface area contributed by atoms with Crippen molar-refractivity contribution < 1.29 is 14.3 Å². The van der Waals surface area contributed by atoms with Crippen LogP contribution < -0.4 is 0 Å². The van der Waals surface area contributed by atoms with Crippen LogP contribution in [0.1, 0.15) is 47.7 Å². The van der Waals surface area contributed by atoms with Crippen LogP contribution in [0.15, 0.2) is 60.7 Å². The van der Waals surface area contributed by atoms with Crippen molar-refractivity contribution in [1.82, 2.24) is 4.90 Å². The van der Waals surface area contributed by atoms with E-state index in [0.717, 1.165) is 36.0 Å². The van der Waals surface area contributed by atoms with Crippen LogP contribution in [-0.2, 0) is 11.3 Å². The van der Waals surface area contributed by atoms with Gasteiger partial charge >= 0.3 is 6.09 Å². The third-order valence-electron chi connectivity index (χ3n) is 5.47. The van der Waals surface area contributed by atoms with Crippen molar-refractivity contribution in [2.45, 2.75) is 44.9 Å². The number of nitrogens with zero attached hydrogens (tertiary/aromatic N) is 1. The number of fused-ring (bicyclic) bond motifs is 2. The lowest BCUT2D eigenvalue weighted by Crippen LogP contribution is -2.43. The Kier molecular flexibility index (Phi) is 4.80. The van der Waals surface area contributed by atoms with Gasteiger partial charge in [0.1, 0.15) is 6.61 Å². The zero-order valence-electron chi connectivity index (χ0n) is 15.4. The molecule has 2 aliphatic rings. The molecule has 0 N–H and O–H groups in total. The van der Waals surface area contributed by atoms with Crippen LogP contribution in [0, 0.1) is 0 Å². The van der Waals surface area contributed by atoms with E-state index >= 15 is 0 Å². The van der Waals surface area contributed by atoms with Gasteiger partial charge in [0.05, 0.1) is 6.04 Å². The number of Topliss-reactive ketones (excluding diaryl/α,β-unsaturated/α-hetero) is 1. The highest BCUT2D eigenvalue weighted by Gasteiger charge is 2.40. The van der Waals surface area contributed by atoms with E-state index < -0.39 is 0 Å². The van der Waals surface area contributed by atoms with Gasteiger partial charge < -0.3 is 4.74 Å². The molecule has 0 saturated carbocycles. The molecule has 2 atom stereocenters. The summed E-state index contributed by atoms with van der Waals surface area (Å²) in [5, 5.41) is 0. The Balaban J connectivity index is 1.45. The van der Waals surface area contributed by atoms with Crippen molar-refractivity contribution >= 4 is 17.4 Å². The van der Waals surface area contributed by atoms with Crippen molar-refractivity contribution in [3.8, 4) is 0 Å². The first kappa shape index (κ1) is 17.5. The third-order valence-corrected chi connectivity index (χ3v) is 5.47. The molecule has 2 aromatic rings. The number of benzene rings is 2. The Morgan fingerprint density at radius 2 is 1.78 bits per heavy atom. The van der Waals surface area contributed by atoms with Crippen LogP contribution in [0.4, 0.5) is 4.79 Å². The second-order valence-corrected chi connectivity index (χ2v) is 7.28. The highest BCUT2D eigenvalue weighted by Crippen LogP contribution is 2.39. The summed E-state index contributed by atoms with van der Waals surface area (Å²) in [6, 6.07) is 17.8. The van der Waals surface area contributed by atoms with Gasteiger partial charge in [0, 0.05) is 11.6 Å². The van der Waals surface area contributed by atoms with E-state index in [2.05, 4.69) is 6.08 Å². The number of hydrogen-bond donors (Lipinski definition) is 0. The Labute approximate surface area is 159 Å². The lowest BCUT2D eigenvalue weighted by Gasteiger charge is -2.33. The number of carbonyl (C=O) groups is 2. The van der Waals surface area contributed by atoms with Gasteiger partial charge in [-0.25, -0.2) is 4.79 Å². The molecule has 1 amide bonds. The monoisotopic (exact) mass is 361 g/mol. The van der Waals surface area contributed by atoms with Gasteiger partial charge in [-0.1, -0.05) is 60.7 Å². The normalized spacial score (nSPS) is 20.9. The summed E-state index contributed by atoms with van der Waals surface area (Å²) in [5.74, 6) is 0.0755. The zero-order valence-corrected chi connectivity index (χ0v) is 15.4. The highest BCUT2D eigenvalue weighted by atomic mass is 16.6. The molecule has 2 heterocycles. The largest absolute Gasteiger partial charge is 0.445 e. The van der Waals surface area contributed by atoms with Gasteiger partial charge in [0.25, 0.3) is 0 Å². The number of hydrogen-bond acceptors (Lipinski definition) is 3. The molecule has 4 nitrogen and oxygen atoms in total. The molecule has 0 spiro atoms. The average molecular weight is 361 g/mol. The molecule has 4 rings (SSSR count). The summed E-state index contributed by atoms with van der Waals surface area (Å²) in [5.41, 5.74) is 4.11. The molecule has 0 aliphatic carbocycles. The fourth-order valence-electron chi connectivity index (χ4n) is 4.04. The molecule has 138 valence electrons. The van der Waals surface area contributed by atoms with Crippen LogP contribution in [0.5, 0.6) is 0 Å². The molecule has 2 bridgehead atoms. The van der Waals surface area contributed by atoms with E-state index in [1.165, 1.54) is 5.57 Å². The molecule has 1 fully saturated rings. The van der Waals surface area contributed by atoms with Crippen LogP contribution in [0.2, 0.25) is 0 Å². The van der Waals surface area contributed by atoms with Gasteiger partial charge in [0.2, 0.25) is 0 Å². The number of carbonyl (C=O) groups excluding carboxylic acids is 2. The van der Waals surface area contributed by atoms with Gasteiger partial charge in [-0.3, -0.25) is 9.69 Å². The lowest BCUT2D eigenvalue weighted by atomic mass is 9.94. The molecule has 1 saturated heterocycles. The Morgan fingerprint density at radius 1 is 1.04 bits per heavy atom. The van der Waals surface area contributed by atoms with Crippen molar-refractivity contribution in [2.24, 2.45) is 0 Å². The number of amides is 1. The minimum atomic E-state index is -0.228. The second kappa shape index (κ2) is 7.39. The first-order chi connectivity index (χ1) is 13.1. The van der Waals surface area contributed by atoms with Crippen molar-refractivity contribution in [1.29, 1.82) is 0 Å². The fourth-order valence-corrected chi connectivity index (χ4v) is 4.04. The van der Waals surface area contributed by atoms with Crippen LogP contribution in [-0.4, -0.2) is 28.9 Å². The summed E-state index contributed by atoms with van der Waals surface area (Å²) in [6.07, 6.45) is 4.76. The van der Waals surface area contributed by atoms with Crippen molar-refractivity contribution in [3.05, 3.63) is 77.4 Å². The molecule has 27 heavy (non-hydrogen) atoms. The predicted molar refractivity (Wildman–Crippen MR) is 104 cm³/mol. The minimum absolute atomic E-state index is 0.0755. The topological polar surface area (TPSA) is 46.6 Å². The van der Waals surface area contributed by atoms with Gasteiger partial charge in [0.15, 0.2) is 5.78 Å². The summed E-state index contributed by atoms with van der Waals surface area (Å²) in [7, 11) is 0. The quantitative estimate of drug-likeness (QED) is 0.732. The molecular formula is C23H23NO3. The number of ether oxygens (including phenoxy) is 1. The maximum atomic E-state index is 12.6. The molecule has 2 aliphatic heterocycles. The van der Waals surface area contributed by atoms with Crippen molar-refractivity contribution in [2.75, 3.05) is 0 Å². The Hall–Kier alpha value is -2.88. The van der Waals surface area contributed by atoms with E-state index in [0.29, 0.717) is 6.61 Å². The summed E-state index contributed by atoms with van der Waals surface area (Å²) < 4.78 is 5.55. The second-order valence-electron chi connectivity index (χ2n) is 7.28. The van der Waals surface area contributed by atoms with E-state index in [9.17, 15) is 9.59 Å². The van der Waals surface area contributed by atoms with Gasteiger partial charge in [-0.15, -0.1) is 0 Å². The molecule has 0 radical (unpaired) electrons. The number of rotatable bonds is 4.